The van der Waals surface area contributed by atoms with Crippen LogP contribution in [0.5, 0.6) is 0 Å². The zero-order chi connectivity index (χ0) is 15.8. The van der Waals surface area contributed by atoms with E-state index in [-0.39, 0.29) is 18.0 Å². The van der Waals surface area contributed by atoms with Gasteiger partial charge in [-0.15, -0.1) is 0 Å². The molecule has 0 radical (unpaired) electrons. The lowest BCUT2D eigenvalue weighted by molar-refractivity contribution is -0.184. The molecule has 1 aliphatic rings. The minimum Gasteiger partial charge on any atom is -0.481 e. The smallest absolute Gasteiger partial charge is 0.471 e. The van der Waals surface area contributed by atoms with Crippen LogP contribution in [0.4, 0.5) is 13.2 Å². The van der Waals surface area contributed by atoms with Crippen LogP contribution in [-0.2, 0) is 15.0 Å². The van der Waals surface area contributed by atoms with Crippen molar-refractivity contribution in [2.24, 2.45) is 0 Å². The van der Waals surface area contributed by atoms with E-state index in [1.54, 1.807) is 0 Å². The zero-order valence-electron chi connectivity index (χ0n) is 10.7. The Morgan fingerprint density at radius 2 is 2.00 bits per heavy atom. The van der Waals surface area contributed by atoms with Crippen LogP contribution in [-0.4, -0.2) is 41.1 Å². The monoisotopic (exact) mass is 321 g/mol. The zero-order valence-corrected chi connectivity index (χ0v) is 11.4. The predicted octanol–water partition coefficient (Wildman–Crippen LogP) is 2.46. The fourth-order valence-corrected chi connectivity index (χ4v) is 2.67. The van der Waals surface area contributed by atoms with Crippen LogP contribution < -0.4 is 0 Å². The number of halogens is 4. The van der Waals surface area contributed by atoms with E-state index >= 15 is 0 Å². The molecule has 0 spiro atoms. The lowest BCUT2D eigenvalue weighted by Gasteiger charge is -2.25. The van der Waals surface area contributed by atoms with Gasteiger partial charge in [0.25, 0.3) is 0 Å². The van der Waals surface area contributed by atoms with Gasteiger partial charge in [-0.1, -0.05) is 23.7 Å². The van der Waals surface area contributed by atoms with E-state index in [1.807, 2.05) is 0 Å². The van der Waals surface area contributed by atoms with E-state index in [2.05, 4.69) is 0 Å². The molecule has 1 aromatic carbocycles. The highest BCUT2D eigenvalue weighted by Gasteiger charge is 2.52. The SMILES string of the molecule is O=C(N1CCC(C(=O)O)(c2cccc(Cl)c2)C1)C(F)(F)F. The normalized spacial score (nSPS) is 22.4. The number of amides is 1. The summed E-state index contributed by atoms with van der Waals surface area (Å²) in [5.41, 5.74) is -1.27. The van der Waals surface area contributed by atoms with Crippen LogP contribution in [0.25, 0.3) is 0 Å². The number of nitrogens with zero attached hydrogens (tertiary/aromatic N) is 1. The number of hydrogen-bond donors (Lipinski definition) is 1. The number of carbonyl (C=O) groups is 2. The third-order valence-corrected chi connectivity index (χ3v) is 3.82. The predicted molar refractivity (Wildman–Crippen MR) is 68.0 cm³/mol. The molecule has 8 heteroatoms. The molecule has 0 aromatic heterocycles. The average molecular weight is 322 g/mol. The molecule has 1 unspecified atom stereocenters. The van der Waals surface area contributed by atoms with Crippen molar-refractivity contribution in [3.63, 3.8) is 0 Å². The second kappa shape index (κ2) is 5.22. The third-order valence-electron chi connectivity index (χ3n) is 3.59. The Morgan fingerprint density at radius 3 is 2.52 bits per heavy atom. The Hall–Kier alpha value is -1.76. The first-order valence-electron chi connectivity index (χ1n) is 6.02. The summed E-state index contributed by atoms with van der Waals surface area (Å²) in [4.78, 5) is 23.4. The fraction of sp³-hybridized carbons (Fsp3) is 0.385. The Kier molecular flexibility index (Phi) is 3.88. The van der Waals surface area contributed by atoms with Crippen LogP contribution in [0.15, 0.2) is 24.3 Å². The lowest BCUT2D eigenvalue weighted by atomic mass is 9.80. The second-order valence-corrected chi connectivity index (χ2v) is 5.31. The van der Waals surface area contributed by atoms with Crippen molar-refractivity contribution in [2.75, 3.05) is 13.1 Å². The van der Waals surface area contributed by atoms with Gasteiger partial charge in [0, 0.05) is 18.1 Å². The van der Waals surface area contributed by atoms with Crippen LogP contribution in [0.3, 0.4) is 0 Å². The Bertz CT molecular complexity index is 590. The molecule has 4 nitrogen and oxygen atoms in total. The Balaban J connectivity index is 2.35. The summed E-state index contributed by atoms with van der Waals surface area (Å²) in [6.45, 7) is -0.793. The quantitative estimate of drug-likeness (QED) is 0.910. The molecule has 1 saturated heterocycles. The molecular weight excluding hydrogens is 311 g/mol. The summed E-state index contributed by atoms with van der Waals surface area (Å²) in [5, 5.41) is 9.73. The molecule has 1 atom stereocenters. The maximum Gasteiger partial charge on any atom is 0.471 e. The number of hydrogen-bond acceptors (Lipinski definition) is 2. The van der Waals surface area contributed by atoms with Crippen LogP contribution >= 0.6 is 11.6 Å². The molecule has 1 aliphatic heterocycles. The molecule has 1 aromatic rings. The van der Waals surface area contributed by atoms with Crippen molar-refractivity contribution in [1.82, 2.24) is 4.90 Å². The van der Waals surface area contributed by atoms with Crippen LogP contribution in [0, 0.1) is 0 Å². The van der Waals surface area contributed by atoms with Gasteiger partial charge in [0.05, 0.1) is 0 Å². The molecule has 1 heterocycles. The summed E-state index contributed by atoms with van der Waals surface area (Å²) in [5.74, 6) is -3.30. The fourth-order valence-electron chi connectivity index (χ4n) is 2.48. The molecule has 0 bridgehead atoms. The van der Waals surface area contributed by atoms with Gasteiger partial charge < -0.3 is 10.0 Å². The maximum atomic E-state index is 12.5. The van der Waals surface area contributed by atoms with E-state index < -0.39 is 30.0 Å². The van der Waals surface area contributed by atoms with Crippen molar-refractivity contribution in [2.45, 2.75) is 18.0 Å². The second-order valence-electron chi connectivity index (χ2n) is 4.87. The number of rotatable bonds is 2. The first-order valence-corrected chi connectivity index (χ1v) is 6.40. The summed E-state index contributed by atoms with van der Waals surface area (Å²) in [6, 6.07) is 5.95. The highest BCUT2D eigenvalue weighted by Crippen LogP contribution is 2.37. The van der Waals surface area contributed by atoms with Gasteiger partial charge in [-0.2, -0.15) is 13.2 Å². The van der Waals surface area contributed by atoms with Gasteiger partial charge >= 0.3 is 18.1 Å². The van der Waals surface area contributed by atoms with E-state index in [9.17, 15) is 27.9 Å². The highest BCUT2D eigenvalue weighted by molar-refractivity contribution is 6.30. The van der Waals surface area contributed by atoms with Crippen molar-refractivity contribution in [1.29, 1.82) is 0 Å². The topological polar surface area (TPSA) is 57.6 Å². The van der Waals surface area contributed by atoms with Crippen molar-refractivity contribution < 1.29 is 27.9 Å². The summed E-state index contributed by atoms with van der Waals surface area (Å²) < 4.78 is 37.4. The van der Waals surface area contributed by atoms with E-state index in [4.69, 9.17) is 11.6 Å². The molecule has 0 aliphatic carbocycles. The lowest BCUT2D eigenvalue weighted by Crippen LogP contribution is -2.44. The third kappa shape index (κ3) is 2.83. The Labute approximate surface area is 123 Å². The van der Waals surface area contributed by atoms with Crippen molar-refractivity contribution in [3.05, 3.63) is 34.9 Å². The van der Waals surface area contributed by atoms with Gasteiger partial charge in [-0.05, 0) is 24.1 Å². The molecular formula is C13H11ClF3NO3. The van der Waals surface area contributed by atoms with Crippen LogP contribution in [0.2, 0.25) is 5.02 Å². The molecule has 1 N–H and O–H groups in total. The first-order chi connectivity index (χ1) is 9.67. The largest absolute Gasteiger partial charge is 0.481 e. The number of alkyl halides is 3. The molecule has 1 amide bonds. The highest BCUT2D eigenvalue weighted by atomic mass is 35.5. The molecule has 0 saturated carbocycles. The number of likely N-dealkylation sites (tertiary alicyclic amines) is 1. The summed E-state index contributed by atoms with van der Waals surface area (Å²) in [7, 11) is 0. The van der Waals surface area contributed by atoms with Crippen LogP contribution in [0.1, 0.15) is 12.0 Å². The molecule has 114 valence electrons. The minimum atomic E-state index is -5.01. The van der Waals surface area contributed by atoms with Gasteiger partial charge in [-0.3, -0.25) is 9.59 Å². The molecule has 2 rings (SSSR count). The first kappa shape index (κ1) is 15.6. The Morgan fingerprint density at radius 1 is 1.33 bits per heavy atom. The van der Waals surface area contributed by atoms with Crippen molar-refractivity contribution in [3.8, 4) is 0 Å². The average Bonchev–Trinajstić information content (AvgIpc) is 2.83. The van der Waals surface area contributed by atoms with E-state index in [0.29, 0.717) is 10.5 Å². The number of aliphatic carboxylic acids is 1. The van der Waals surface area contributed by atoms with E-state index in [1.165, 1.54) is 24.3 Å². The maximum absolute atomic E-state index is 12.5. The molecule has 21 heavy (non-hydrogen) atoms. The number of carboxylic acid groups (broad SMARTS) is 1. The number of benzene rings is 1. The minimum absolute atomic E-state index is 0.0928. The standard InChI is InChI=1S/C13H11ClF3NO3/c14-9-3-1-2-8(6-9)12(11(20)21)4-5-18(7-12)10(19)13(15,16)17/h1-3,6H,4-5,7H2,(H,20,21). The van der Waals surface area contributed by atoms with E-state index in [0.717, 1.165) is 0 Å². The van der Waals surface area contributed by atoms with Gasteiger partial charge in [-0.25, -0.2) is 0 Å². The van der Waals surface area contributed by atoms with Crippen molar-refractivity contribution >= 4 is 23.5 Å². The number of carboxylic acids is 1. The summed E-state index contributed by atoms with van der Waals surface area (Å²) >= 11 is 5.81. The molecule has 1 fully saturated rings. The van der Waals surface area contributed by atoms with Gasteiger partial charge in [0.2, 0.25) is 0 Å². The number of carbonyl (C=O) groups excluding carboxylic acids is 1. The van der Waals surface area contributed by atoms with Gasteiger partial charge in [0.1, 0.15) is 5.41 Å². The summed E-state index contributed by atoms with van der Waals surface area (Å²) in [6.07, 6.45) is -5.10. The van der Waals surface area contributed by atoms with Gasteiger partial charge in [0.15, 0.2) is 0 Å².